The molecule has 14 aromatic rings. The van der Waals surface area contributed by atoms with Gasteiger partial charge in [0, 0.05) is 67.7 Å². The lowest BCUT2D eigenvalue weighted by Crippen LogP contribution is -1.97. The SMILES string of the molecule is c1ccc2ncc(-c3ccc(-c4cc(-c5ccc(-c6ccc(-c7cc(-c8ccc(-c9cnc%10ccccc%10c9)cc8)nc(-c8cccc9ccccc89)n7)cc6)cc5)nc(-c5cccc6ccccc56)n4)cc3)cc2c1. The average molecular weight is 969 g/mol. The van der Waals surface area contributed by atoms with Crippen molar-refractivity contribution in [2.24, 2.45) is 0 Å². The molecule has 0 bridgehead atoms. The Hall–Kier alpha value is -10.3. The van der Waals surface area contributed by atoms with Crippen LogP contribution in [-0.4, -0.2) is 29.9 Å². The van der Waals surface area contributed by atoms with Crippen molar-refractivity contribution in [1.82, 2.24) is 29.9 Å². The lowest BCUT2D eigenvalue weighted by molar-refractivity contribution is 1.19. The molecule has 0 atom stereocenters. The van der Waals surface area contributed by atoms with Gasteiger partial charge in [0.1, 0.15) is 0 Å². The highest BCUT2D eigenvalue weighted by molar-refractivity contribution is 5.97. The van der Waals surface area contributed by atoms with Gasteiger partial charge in [-0.3, -0.25) is 9.97 Å². The van der Waals surface area contributed by atoms with Crippen LogP contribution >= 0.6 is 0 Å². The summed E-state index contributed by atoms with van der Waals surface area (Å²) in [5.74, 6) is 1.36. The summed E-state index contributed by atoms with van der Waals surface area (Å²) in [5.41, 5.74) is 17.9. The first-order valence-electron chi connectivity index (χ1n) is 25.5. The first kappa shape index (κ1) is 44.4. The Bertz CT molecular complexity index is 4190. The molecule has 14 rings (SSSR count). The Kier molecular flexibility index (Phi) is 11.1. The summed E-state index contributed by atoms with van der Waals surface area (Å²) in [4.78, 5) is 30.4. The van der Waals surface area contributed by atoms with Gasteiger partial charge in [0.2, 0.25) is 0 Å². The number of fused-ring (bicyclic) bond motifs is 4. The van der Waals surface area contributed by atoms with Gasteiger partial charge in [-0.05, 0) is 80.2 Å². The van der Waals surface area contributed by atoms with E-state index in [1.54, 1.807) is 0 Å². The van der Waals surface area contributed by atoms with Crippen molar-refractivity contribution in [3.63, 3.8) is 0 Å². The minimum Gasteiger partial charge on any atom is -0.256 e. The largest absolute Gasteiger partial charge is 0.256 e. The Morgan fingerprint density at radius 1 is 0.211 bits per heavy atom. The summed E-state index contributed by atoms with van der Waals surface area (Å²) in [7, 11) is 0. The van der Waals surface area contributed by atoms with Crippen LogP contribution < -0.4 is 0 Å². The van der Waals surface area contributed by atoms with E-state index in [1.807, 2.05) is 48.8 Å². The molecule has 0 spiro atoms. The molecular formula is C70H44N6. The molecule has 6 heteroatoms. The number of hydrogen-bond acceptors (Lipinski definition) is 6. The highest BCUT2D eigenvalue weighted by atomic mass is 14.9. The molecule has 354 valence electrons. The second-order valence-electron chi connectivity index (χ2n) is 19.1. The van der Waals surface area contributed by atoms with Crippen LogP contribution in [0.25, 0.3) is 145 Å². The van der Waals surface area contributed by atoms with Gasteiger partial charge in [0.05, 0.1) is 33.8 Å². The zero-order chi connectivity index (χ0) is 50.4. The molecule has 0 saturated carbocycles. The van der Waals surface area contributed by atoms with Gasteiger partial charge in [0.25, 0.3) is 0 Å². The highest BCUT2D eigenvalue weighted by Crippen LogP contribution is 2.36. The molecule has 0 fully saturated rings. The van der Waals surface area contributed by atoms with E-state index in [1.165, 1.54) is 0 Å². The average Bonchev–Trinajstić information content (AvgIpc) is 3.52. The zero-order valence-electron chi connectivity index (χ0n) is 41.1. The first-order valence-corrected chi connectivity index (χ1v) is 25.5. The Balaban J connectivity index is 0.792. The van der Waals surface area contributed by atoms with Crippen molar-refractivity contribution in [2.75, 3.05) is 0 Å². The van der Waals surface area contributed by atoms with Gasteiger partial charge in [0.15, 0.2) is 11.6 Å². The summed E-state index contributed by atoms with van der Waals surface area (Å²) < 4.78 is 0. The van der Waals surface area contributed by atoms with Gasteiger partial charge in [-0.15, -0.1) is 0 Å². The number of aromatic nitrogens is 6. The Labute approximate surface area is 439 Å². The summed E-state index contributed by atoms with van der Waals surface area (Å²) in [5, 5.41) is 6.74. The molecule has 0 aliphatic heterocycles. The maximum atomic E-state index is 5.26. The fourth-order valence-corrected chi connectivity index (χ4v) is 10.4. The normalized spacial score (nSPS) is 11.4. The van der Waals surface area contributed by atoms with E-state index in [9.17, 15) is 0 Å². The number of rotatable bonds is 9. The lowest BCUT2D eigenvalue weighted by atomic mass is 9.98. The van der Waals surface area contributed by atoms with Crippen LogP contribution in [0.5, 0.6) is 0 Å². The molecule has 0 aliphatic carbocycles. The Morgan fingerprint density at radius 2 is 0.500 bits per heavy atom. The van der Waals surface area contributed by atoms with Gasteiger partial charge in [-0.25, -0.2) is 19.9 Å². The van der Waals surface area contributed by atoms with E-state index >= 15 is 0 Å². The number of nitrogens with zero attached hydrogens (tertiary/aromatic N) is 6. The lowest BCUT2D eigenvalue weighted by Gasteiger charge is -2.13. The maximum Gasteiger partial charge on any atom is 0.161 e. The summed E-state index contributed by atoms with van der Waals surface area (Å²) in [6.07, 6.45) is 3.89. The van der Waals surface area contributed by atoms with E-state index in [-0.39, 0.29) is 0 Å². The van der Waals surface area contributed by atoms with E-state index in [0.717, 1.165) is 133 Å². The van der Waals surface area contributed by atoms with Crippen LogP contribution in [0.3, 0.4) is 0 Å². The number of para-hydroxylation sites is 2. The Morgan fingerprint density at radius 3 is 0.868 bits per heavy atom. The molecule has 4 heterocycles. The predicted octanol–water partition coefficient (Wildman–Crippen LogP) is 17.7. The van der Waals surface area contributed by atoms with Crippen LogP contribution in [-0.2, 0) is 0 Å². The highest BCUT2D eigenvalue weighted by Gasteiger charge is 2.16. The molecule has 6 nitrogen and oxygen atoms in total. The third-order valence-electron chi connectivity index (χ3n) is 14.4. The van der Waals surface area contributed by atoms with Crippen molar-refractivity contribution in [2.45, 2.75) is 0 Å². The van der Waals surface area contributed by atoms with Crippen molar-refractivity contribution >= 4 is 43.4 Å². The van der Waals surface area contributed by atoms with E-state index < -0.39 is 0 Å². The molecule has 0 radical (unpaired) electrons. The second kappa shape index (κ2) is 19.0. The number of hydrogen-bond donors (Lipinski definition) is 0. The maximum absolute atomic E-state index is 5.26. The topological polar surface area (TPSA) is 77.3 Å². The summed E-state index contributed by atoms with van der Waals surface area (Å²) >= 11 is 0. The molecule has 0 saturated heterocycles. The molecule has 0 unspecified atom stereocenters. The zero-order valence-corrected chi connectivity index (χ0v) is 41.1. The quantitative estimate of drug-likeness (QED) is 0.143. The predicted molar refractivity (Wildman–Crippen MR) is 312 cm³/mol. The van der Waals surface area contributed by atoms with Crippen molar-refractivity contribution in [3.8, 4) is 101 Å². The van der Waals surface area contributed by atoms with E-state index in [0.29, 0.717) is 11.6 Å². The van der Waals surface area contributed by atoms with Crippen molar-refractivity contribution in [3.05, 3.63) is 267 Å². The fraction of sp³-hybridized carbons (Fsp3) is 0. The first-order chi connectivity index (χ1) is 37.6. The summed E-state index contributed by atoms with van der Waals surface area (Å²) in [6.45, 7) is 0. The summed E-state index contributed by atoms with van der Waals surface area (Å²) in [6, 6.07) is 89.0. The third kappa shape index (κ3) is 8.49. The van der Waals surface area contributed by atoms with E-state index in [2.05, 4.69) is 218 Å². The van der Waals surface area contributed by atoms with Crippen LogP contribution in [0, 0.1) is 0 Å². The molecule has 0 N–H and O–H groups in total. The van der Waals surface area contributed by atoms with Crippen molar-refractivity contribution < 1.29 is 0 Å². The molecule has 10 aromatic carbocycles. The molecule has 4 aromatic heterocycles. The minimum absolute atomic E-state index is 0.679. The fourth-order valence-electron chi connectivity index (χ4n) is 10.4. The molecule has 76 heavy (non-hydrogen) atoms. The van der Waals surface area contributed by atoms with Crippen LogP contribution in [0.1, 0.15) is 0 Å². The van der Waals surface area contributed by atoms with Gasteiger partial charge < -0.3 is 0 Å². The van der Waals surface area contributed by atoms with Crippen molar-refractivity contribution in [1.29, 1.82) is 0 Å². The third-order valence-corrected chi connectivity index (χ3v) is 14.4. The smallest absolute Gasteiger partial charge is 0.161 e. The van der Waals surface area contributed by atoms with Gasteiger partial charge in [-0.2, -0.15) is 0 Å². The second-order valence-corrected chi connectivity index (χ2v) is 19.1. The van der Waals surface area contributed by atoms with Crippen LogP contribution in [0.2, 0.25) is 0 Å². The monoisotopic (exact) mass is 968 g/mol. The number of pyridine rings is 2. The standard InChI is InChI=1S/C70H44N6/c1-5-17-59-49(11-1)15-9-19-61(59)69-73-65(41-67(75-69)53-35-27-47(28-36-53)57-39-55-13-3-7-21-63(55)71-43-57)51-31-23-45(24-32-51)46-25-33-52(34-26-46)66-42-68(76-70(74-66)62-20-10-16-50-12-2-6-18-60(50)62)54-37-29-48(30-38-54)58-40-56-14-4-8-22-64(56)72-44-58/h1-44H. The van der Waals surface area contributed by atoms with E-state index in [4.69, 9.17) is 29.9 Å². The molecule has 0 aliphatic rings. The van der Waals surface area contributed by atoms with Crippen LogP contribution in [0.15, 0.2) is 267 Å². The van der Waals surface area contributed by atoms with Gasteiger partial charge in [-0.1, -0.05) is 218 Å². The molecular weight excluding hydrogens is 925 g/mol. The minimum atomic E-state index is 0.679. The van der Waals surface area contributed by atoms with Crippen LogP contribution in [0.4, 0.5) is 0 Å². The number of benzene rings is 10. The molecule has 0 amide bonds. The van der Waals surface area contributed by atoms with Gasteiger partial charge >= 0.3 is 0 Å².